The summed E-state index contributed by atoms with van der Waals surface area (Å²) in [5.41, 5.74) is 6.02. The Morgan fingerprint density at radius 1 is 0.933 bits per heavy atom. The zero-order valence-electron chi connectivity index (χ0n) is 16.5. The molecule has 0 unspecified atom stereocenters. The number of benzene rings is 3. The summed E-state index contributed by atoms with van der Waals surface area (Å²) in [7, 11) is 1.34. The number of carbonyl (C=O) groups is 2. The Morgan fingerprint density at radius 3 is 2.13 bits per heavy atom. The zero-order chi connectivity index (χ0) is 20.9. The van der Waals surface area contributed by atoms with Crippen LogP contribution in [0.5, 0.6) is 0 Å². The summed E-state index contributed by atoms with van der Waals surface area (Å²) < 4.78 is 6.83. The highest BCUT2D eigenvalue weighted by atomic mass is 16.5. The first-order valence-electron chi connectivity index (χ1n) is 9.63. The molecule has 1 N–H and O–H groups in total. The minimum absolute atomic E-state index is 0.167. The summed E-state index contributed by atoms with van der Waals surface area (Å²) in [5, 5.41) is 6.38. The van der Waals surface area contributed by atoms with Gasteiger partial charge in [-0.3, -0.25) is 4.79 Å². The molecule has 150 valence electrons. The quantitative estimate of drug-likeness (QED) is 0.301. The van der Waals surface area contributed by atoms with E-state index in [1.165, 1.54) is 17.9 Å². The Hall–Kier alpha value is -3.93. The number of hydrogen-bond donors (Lipinski definition) is 1. The van der Waals surface area contributed by atoms with Gasteiger partial charge in [0.2, 0.25) is 5.91 Å². The number of para-hydroxylation sites is 2. The molecule has 0 saturated carbocycles. The predicted octanol–water partition coefficient (Wildman–Crippen LogP) is 4.12. The van der Waals surface area contributed by atoms with Gasteiger partial charge < -0.3 is 9.30 Å². The molecule has 0 aliphatic rings. The molecule has 0 fully saturated rings. The number of methoxy groups -OCH3 is 1. The predicted molar refractivity (Wildman–Crippen MR) is 118 cm³/mol. The Bertz CT molecular complexity index is 1190. The number of aromatic nitrogens is 1. The Labute approximate surface area is 173 Å². The summed E-state index contributed by atoms with van der Waals surface area (Å²) in [6, 6.07) is 23.2. The molecule has 0 aliphatic heterocycles. The molecule has 0 spiro atoms. The summed E-state index contributed by atoms with van der Waals surface area (Å²) in [5.74, 6) is -0.559. The number of amides is 1. The Balaban J connectivity index is 1.40. The van der Waals surface area contributed by atoms with Gasteiger partial charge in [-0.05, 0) is 29.8 Å². The van der Waals surface area contributed by atoms with E-state index in [0.717, 1.165) is 16.6 Å². The van der Waals surface area contributed by atoms with E-state index in [-0.39, 0.29) is 5.91 Å². The average molecular weight is 399 g/mol. The average Bonchev–Trinajstić information content (AvgIpc) is 3.11. The monoisotopic (exact) mass is 399 g/mol. The lowest BCUT2D eigenvalue weighted by atomic mass is 10.1. The van der Waals surface area contributed by atoms with Crippen LogP contribution < -0.4 is 5.43 Å². The Morgan fingerprint density at radius 2 is 1.53 bits per heavy atom. The number of nitrogens with zero attached hydrogens (tertiary/aromatic N) is 2. The molecule has 4 rings (SSSR count). The van der Waals surface area contributed by atoms with Gasteiger partial charge in [0.25, 0.3) is 0 Å². The first-order valence-corrected chi connectivity index (χ1v) is 9.63. The molecule has 30 heavy (non-hydrogen) atoms. The summed E-state index contributed by atoms with van der Waals surface area (Å²) in [6.07, 6.45) is 1.85. The number of fused-ring (bicyclic) bond motifs is 3. The molecule has 6 nitrogen and oxygen atoms in total. The fraction of sp³-hybridized carbons (Fsp3) is 0.125. The molecular formula is C24H21N3O3. The van der Waals surface area contributed by atoms with Crippen LogP contribution in [-0.4, -0.2) is 29.8 Å². The van der Waals surface area contributed by atoms with Crippen molar-refractivity contribution < 1.29 is 14.3 Å². The number of carbonyl (C=O) groups excluding carboxylic acids is 2. The molecule has 0 aliphatic carbocycles. The second-order valence-electron chi connectivity index (χ2n) is 6.84. The van der Waals surface area contributed by atoms with Crippen molar-refractivity contribution in [3.05, 3.63) is 83.9 Å². The van der Waals surface area contributed by atoms with E-state index in [9.17, 15) is 9.59 Å². The van der Waals surface area contributed by atoms with Gasteiger partial charge in [0.15, 0.2) is 0 Å². The van der Waals surface area contributed by atoms with Crippen LogP contribution in [0.1, 0.15) is 22.3 Å². The maximum Gasteiger partial charge on any atom is 0.337 e. The van der Waals surface area contributed by atoms with Crippen LogP contribution in [0, 0.1) is 0 Å². The lowest BCUT2D eigenvalue weighted by Crippen LogP contribution is -2.19. The van der Waals surface area contributed by atoms with Crippen molar-refractivity contribution in [2.24, 2.45) is 5.10 Å². The molecule has 0 atom stereocenters. The van der Waals surface area contributed by atoms with Crippen molar-refractivity contribution in [2.45, 2.75) is 13.0 Å². The highest BCUT2D eigenvalue weighted by Gasteiger charge is 2.10. The largest absolute Gasteiger partial charge is 0.465 e. The molecular weight excluding hydrogens is 378 g/mol. The summed E-state index contributed by atoms with van der Waals surface area (Å²) in [4.78, 5) is 23.7. The zero-order valence-corrected chi connectivity index (χ0v) is 16.5. The van der Waals surface area contributed by atoms with Gasteiger partial charge in [-0.25, -0.2) is 10.2 Å². The van der Waals surface area contributed by atoms with Crippen molar-refractivity contribution in [2.75, 3.05) is 7.11 Å². The molecule has 1 aromatic heterocycles. The number of ether oxygens (including phenoxy) is 1. The van der Waals surface area contributed by atoms with E-state index in [1.807, 2.05) is 24.3 Å². The number of rotatable bonds is 6. The van der Waals surface area contributed by atoms with Crippen LogP contribution in [0.3, 0.4) is 0 Å². The van der Waals surface area contributed by atoms with E-state index in [2.05, 4.69) is 44.1 Å². The molecule has 0 radical (unpaired) electrons. The molecule has 0 saturated heterocycles. The van der Waals surface area contributed by atoms with Gasteiger partial charge in [0.05, 0.1) is 18.9 Å². The van der Waals surface area contributed by atoms with Gasteiger partial charge in [-0.15, -0.1) is 0 Å². The SMILES string of the molecule is COC(=O)c1ccc(/C=N\NC(=O)CCn2c3ccccc3c3ccccc32)cc1. The summed E-state index contributed by atoms with van der Waals surface area (Å²) >= 11 is 0. The number of esters is 1. The minimum atomic E-state index is -0.392. The topological polar surface area (TPSA) is 72.7 Å². The number of hydrazone groups is 1. The van der Waals surface area contributed by atoms with Gasteiger partial charge >= 0.3 is 5.97 Å². The van der Waals surface area contributed by atoms with Crippen molar-refractivity contribution >= 4 is 39.9 Å². The molecule has 1 heterocycles. The molecule has 6 heteroatoms. The first kappa shape index (κ1) is 19.4. The first-order chi connectivity index (χ1) is 14.7. The lowest BCUT2D eigenvalue weighted by molar-refractivity contribution is -0.121. The fourth-order valence-electron chi connectivity index (χ4n) is 3.52. The van der Waals surface area contributed by atoms with E-state index < -0.39 is 5.97 Å². The lowest BCUT2D eigenvalue weighted by Gasteiger charge is -2.06. The fourth-order valence-corrected chi connectivity index (χ4v) is 3.52. The van der Waals surface area contributed by atoms with Crippen molar-refractivity contribution in [3.63, 3.8) is 0 Å². The number of hydrogen-bond acceptors (Lipinski definition) is 4. The molecule has 3 aromatic carbocycles. The van der Waals surface area contributed by atoms with Crippen LogP contribution in [0.15, 0.2) is 77.9 Å². The third-order valence-electron chi connectivity index (χ3n) is 4.98. The minimum Gasteiger partial charge on any atom is -0.465 e. The van der Waals surface area contributed by atoms with Gasteiger partial charge in [0, 0.05) is 34.8 Å². The molecule has 4 aromatic rings. The van der Waals surface area contributed by atoms with Gasteiger partial charge in [-0.1, -0.05) is 48.5 Å². The third-order valence-corrected chi connectivity index (χ3v) is 4.98. The van der Waals surface area contributed by atoms with E-state index in [1.54, 1.807) is 30.5 Å². The summed E-state index contributed by atoms with van der Waals surface area (Å²) in [6.45, 7) is 0.559. The normalized spacial score (nSPS) is 11.2. The standard InChI is InChI=1S/C24H21N3O3/c1-30-24(29)18-12-10-17(11-13-18)16-25-26-23(28)14-15-27-21-8-4-2-6-19(21)20-7-3-5-9-22(20)27/h2-13,16H,14-15H2,1H3,(H,26,28)/b25-16-. The maximum absolute atomic E-state index is 12.3. The second-order valence-corrected chi connectivity index (χ2v) is 6.84. The van der Waals surface area contributed by atoms with Crippen LogP contribution >= 0.6 is 0 Å². The maximum atomic E-state index is 12.3. The second kappa shape index (κ2) is 8.61. The van der Waals surface area contributed by atoms with Crippen LogP contribution in [-0.2, 0) is 16.1 Å². The van der Waals surface area contributed by atoms with E-state index in [4.69, 9.17) is 0 Å². The van der Waals surface area contributed by atoms with Crippen LogP contribution in [0.4, 0.5) is 0 Å². The van der Waals surface area contributed by atoms with Crippen molar-refractivity contribution in [3.8, 4) is 0 Å². The van der Waals surface area contributed by atoms with Gasteiger partial charge in [0.1, 0.15) is 0 Å². The Kier molecular flexibility index (Phi) is 5.57. The number of nitrogens with one attached hydrogen (secondary N) is 1. The molecule has 0 bridgehead atoms. The van der Waals surface area contributed by atoms with Gasteiger partial charge in [-0.2, -0.15) is 5.10 Å². The third kappa shape index (κ3) is 3.93. The van der Waals surface area contributed by atoms with Crippen molar-refractivity contribution in [1.29, 1.82) is 0 Å². The smallest absolute Gasteiger partial charge is 0.337 e. The highest BCUT2D eigenvalue weighted by molar-refractivity contribution is 6.08. The number of aryl methyl sites for hydroxylation is 1. The van der Waals surface area contributed by atoms with E-state index in [0.29, 0.717) is 18.5 Å². The molecule has 1 amide bonds. The van der Waals surface area contributed by atoms with Crippen molar-refractivity contribution in [1.82, 2.24) is 9.99 Å². The van der Waals surface area contributed by atoms with Crippen LogP contribution in [0.2, 0.25) is 0 Å². The van der Waals surface area contributed by atoms with E-state index >= 15 is 0 Å². The van der Waals surface area contributed by atoms with Crippen LogP contribution in [0.25, 0.3) is 21.8 Å². The highest BCUT2D eigenvalue weighted by Crippen LogP contribution is 2.28.